The molecule has 0 saturated carbocycles. The third-order valence-corrected chi connectivity index (χ3v) is 8.19. The van der Waals surface area contributed by atoms with E-state index in [1.807, 2.05) is 19.9 Å². The monoisotopic (exact) mass is 520 g/mol. The molecule has 0 amide bonds. The van der Waals surface area contributed by atoms with Crippen molar-refractivity contribution in [2.75, 3.05) is 18.1 Å². The van der Waals surface area contributed by atoms with Crippen LogP contribution >= 0.6 is 0 Å². The molecule has 0 bridgehead atoms. The van der Waals surface area contributed by atoms with Crippen molar-refractivity contribution in [3.8, 4) is 33.9 Å². The predicted molar refractivity (Wildman–Crippen MR) is 152 cm³/mol. The van der Waals surface area contributed by atoms with Gasteiger partial charge in [0.05, 0.1) is 17.9 Å². The second-order valence-electron chi connectivity index (χ2n) is 10.6. The van der Waals surface area contributed by atoms with E-state index < -0.39 is 0 Å². The number of hydrogen-bond acceptors (Lipinski definition) is 5. The average molecular weight is 521 g/mol. The Balaban J connectivity index is 1.34. The highest BCUT2D eigenvalue weighted by Crippen LogP contribution is 2.47. The minimum atomic E-state index is -0.315. The van der Waals surface area contributed by atoms with E-state index in [0.29, 0.717) is 12.2 Å². The second kappa shape index (κ2) is 9.23. The average Bonchev–Trinajstić information content (AvgIpc) is 3.60. The topological polar surface area (TPSA) is 52.9 Å². The van der Waals surface area contributed by atoms with E-state index >= 15 is 0 Å². The van der Waals surface area contributed by atoms with E-state index in [2.05, 4.69) is 71.0 Å². The molecule has 4 aromatic rings. The summed E-state index contributed by atoms with van der Waals surface area (Å²) in [4.78, 5) is 16.1. The Morgan fingerprint density at radius 1 is 0.974 bits per heavy atom. The van der Waals surface area contributed by atoms with Gasteiger partial charge in [-0.1, -0.05) is 36.4 Å². The lowest BCUT2D eigenvalue weighted by Gasteiger charge is -2.22. The number of nitrogens with zero attached hydrogens (tertiary/aromatic N) is 2. The molecule has 6 nitrogen and oxygen atoms in total. The zero-order valence-electron chi connectivity index (χ0n) is 22.6. The molecule has 1 atom stereocenters. The lowest BCUT2D eigenvalue weighted by molar-refractivity contribution is 0.0527. The minimum Gasteiger partial charge on any atom is -0.462 e. The van der Waals surface area contributed by atoms with Gasteiger partial charge in [0.1, 0.15) is 0 Å². The van der Waals surface area contributed by atoms with E-state index in [9.17, 15) is 4.79 Å². The summed E-state index contributed by atoms with van der Waals surface area (Å²) in [5, 5.41) is 0. The fourth-order valence-electron chi connectivity index (χ4n) is 6.47. The molecule has 0 spiro atoms. The first kappa shape index (κ1) is 23.9. The fraction of sp³-hybridized carbons (Fsp3) is 0.303. The Kier molecular flexibility index (Phi) is 5.65. The van der Waals surface area contributed by atoms with Crippen molar-refractivity contribution in [3.05, 3.63) is 88.6 Å². The summed E-state index contributed by atoms with van der Waals surface area (Å²) in [5.41, 5.74) is 10.8. The largest absolute Gasteiger partial charge is 0.462 e. The molecule has 0 N–H and O–H groups in total. The number of carbonyl (C=O) groups excluding carboxylic acids is 1. The van der Waals surface area contributed by atoms with Gasteiger partial charge < -0.3 is 23.7 Å². The summed E-state index contributed by atoms with van der Waals surface area (Å²) in [6.45, 7) is 8.88. The quantitative estimate of drug-likeness (QED) is 0.280. The van der Waals surface area contributed by atoms with Crippen LogP contribution in [0, 0.1) is 6.92 Å². The molecule has 1 aromatic heterocycles. The Hall–Kier alpha value is -4.19. The smallest absolute Gasteiger partial charge is 0.340 e. The van der Waals surface area contributed by atoms with Crippen LogP contribution in [-0.2, 0) is 30.7 Å². The van der Waals surface area contributed by atoms with Crippen LogP contribution in [0.25, 0.3) is 22.4 Å². The van der Waals surface area contributed by atoms with E-state index in [4.69, 9.17) is 14.2 Å². The highest BCUT2D eigenvalue weighted by molar-refractivity contribution is 6.05. The number of carbonyl (C=O) groups is 1. The first-order chi connectivity index (χ1) is 19.0. The summed E-state index contributed by atoms with van der Waals surface area (Å²) >= 11 is 0. The van der Waals surface area contributed by atoms with Gasteiger partial charge in [0.15, 0.2) is 11.5 Å². The zero-order valence-corrected chi connectivity index (χ0v) is 22.6. The molecule has 198 valence electrons. The molecule has 0 saturated heterocycles. The fourth-order valence-corrected chi connectivity index (χ4v) is 6.47. The van der Waals surface area contributed by atoms with Crippen LogP contribution in [0.4, 0.5) is 5.69 Å². The Morgan fingerprint density at radius 3 is 2.54 bits per heavy atom. The molecule has 0 aliphatic carbocycles. The van der Waals surface area contributed by atoms with Crippen molar-refractivity contribution in [3.63, 3.8) is 0 Å². The number of aromatic nitrogens is 1. The zero-order chi connectivity index (χ0) is 26.7. The molecular weight excluding hydrogens is 488 g/mol. The molecule has 3 aliphatic rings. The van der Waals surface area contributed by atoms with Crippen molar-refractivity contribution in [1.29, 1.82) is 0 Å². The van der Waals surface area contributed by atoms with Crippen LogP contribution in [0.3, 0.4) is 0 Å². The van der Waals surface area contributed by atoms with Crippen LogP contribution < -0.4 is 14.4 Å². The van der Waals surface area contributed by atoms with Crippen molar-refractivity contribution in [2.45, 2.75) is 53.0 Å². The Morgan fingerprint density at radius 2 is 1.74 bits per heavy atom. The number of esters is 1. The lowest BCUT2D eigenvalue weighted by atomic mass is 9.93. The number of anilines is 1. The second-order valence-corrected chi connectivity index (χ2v) is 10.6. The van der Waals surface area contributed by atoms with Gasteiger partial charge in [0.2, 0.25) is 6.29 Å². The van der Waals surface area contributed by atoms with Gasteiger partial charge in [-0.2, -0.15) is 0 Å². The third kappa shape index (κ3) is 3.89. The first-order valence-corrected chi connectivity index (χ1v) is 13.8. The van der Waals surface area contributed by atoms with Gasteiger partial charge in [0.25, 0.3) is 0 Å². The standard InChI is InChI=1S/C33H32N2O4/c1-4-37-33(36)31-30(25-10-11-27-24(16-25)12-14-34(27)19-22-8-6-5-7-9-22)20(2)35-15-13-23-17-28-29(39-21(3)38-28)18-26(23)32(31)35/h5-11,16-18,21H,4,12-15,19H2,1-3H3. The highest BCUT2D eigenvalue weighted by Gasteiger charge is 2.34. The van der Waals surface area contributed by atoms with E-state index in [1.165, 1.54) is 22.4 Å². The van der Waals surface area contributed by atoms with Crippen LogP contribution in [0.5, 0.6) is 11.5 Å². The Labute approximate surface area is 228 Å². The molecule has 6 heteroatoms. The molecule has 7 rings (SSSR count). The molecule has 3 aromatic carbocycles. The van der Waals surface area contributed by atoms with Gasteiger partial charge in [-0.05, 0) is 73.2 Å². The maximum atomic E-state index is 13.6. The lowest BCUT2D eigenvalue weighted by Crippen LogP contribution is -2.19. The summed E-state index contributed by atoms with van der Waals surface area (Å²) in [7, 11) is 0. The van der Waals surface area contributed by atoms with Gasteiger partial charge in [-0.15, -0.1) is 0 Å². The normalized spacial score (nSPS) is 16.6. The molecule has 0 radical (unpaired) electrons. The number of hydrogen-bond donors (Lipinski definition) is 0. The van der Waals surface area contributed by atoms with Gasteiger partial charge in [-0.25, -0.2) is 4.79 Å². The van der Waals surface area contributed by atoms with Crippen LogP contribution in [-0.4, -0.2) is 30.0 Å². The number of rotatable bonds is 5. The van der Waals surface area contributed by atoms with E-state index in [-0.39, 0.29) is 12.3 Å². The summed E-state index contributed by atoms with van der Waals surface area (Å²) in [6.07, 6.45) is 1.54. The van der Waals surface area contributed by atoms with E-state index in [0.717, 1.165) is 72.1 Å². The van der Waals surface area contributed by atoms with Crippen molar-refractivity contribution < 1.29 is 19.0 Å². The van der Waals surface area contributed by atoms with Crippen LogP contribution in [0.1, 0.15) is 46.6 Å². The maximum absolute atomic E-state index is 13.6. The van der Waals surface area contributed by atoms with Crippen LogP contribution in [0.2, 0.25) is 0 Å². The van der Waals surface area contributed by atoms with Gasteiger partial charge in [-0.3, -0.25) is 0 Å². The first-order valence-electron chi connectivity index (χ1n) is 13.8. The molecule has 4 heterocycles. The van der Waals surface area contributed by atoms with Crippen molar-refractivity contribution in [1.82, 2.24) is 4.57 Å². The SMILES string of the molecule is CCOC(=O)c1c(-c2ccc3c(c2)CCN3Cc2ccccc2)c(C)n2c1-c1cc3c(cc1CC2)OC(C)O3. The Bertz CT molecular complexity index is 1600. The summed E-state index contributed by atoms with van der Waals surface area (Å²) in [6, 6.07) is 21.4. The highest BCUT2D eigenvalue weighted by atomic mass is 16.7. The summed E-state index contributed by atoms with van der Waals surface area (Å²) < 4.78 is 19.7. The van der Waals surface area contributed by atoms with E-state index in [1.54, 1.807) is 0 Å². The molecule has 1 unspecified atom stereocenters. The van der Waals surface area contributed by atoms with Crippen molar-refractivity contribution >= 4 is 11.7 Å². The molecule has 0 fully saturated rings. The summed E-state index contributed by atoms with van der Waals surface area (Å²) in [5.74, 6) is 1.21. The molecule has 39 heavy (non-hydrogen) atoms. The van der Waals surface area contributed by atoms with Crippen molar-refractivity contribution in [2.24, 2.45) is 0 Å². The number of benzene rings is 3. The maximum Gasteiger partial charge on any atom is 0.340 e. The molecule has 3 aliphatic heterocycles. The predicted octanol–water partition coefficient (Wildman–Crippen LogP) is 6.54. The van der Waals surface area contributed by atoms with Crippen LogP contribution in [0.15, 0.2) is 60.7 Å². The minimum absolute atomic E-state index is 0.283. The number of aryl methyl sites for hydroxylation is 1. The van der Waals surface area contributed by atoms with Gasteiger partial charge >= 0.3 is 5.97 Å². The van der Waals surface area contributed by atoms with Gasteiger partial charge in [0, 0.05) is 49.1 Å². The third-order valence-electron chi connectivity index (χ3n) is 8.19. The molecular formula is C33H32N2O4. The number of fused-ring (bicyclic) bond motifs is 5. The number of ether oxygens (including phenoxy) is 3.